The van der Waals surface area contributed by atoms with Gasteiger partial charge in [-0.05, 0) is 12.1 Å². The maximum Gasteiger partial charge on any atom is 0.115 e. The monoisotopic (exact) mass is 236 g/mol. The molecule has 2 heterocycles. The molecule has 0 aliphatic rings. The highest BCUT2D eigenvalue weighted by Crippen LogP contribution is 2.15. The number of rotatable bonds is 3. The Morgan fingerprint density at radius 1 is 1.00 bits per heavy atom. The largest absolute Gasteiger partial charge is 0.266 e. The van der Waals surface area contributed by atoms with E-state index in [9.17, 15) is 0 Å². The lowest BCUT2D eigenvalue weighted by molar-refractivity contribution is 0.673. The van der Waals surface area contributed by atoms with Crippen molar-refractivity contribution >= 4 is 0 Å². The highest BCUT2D eigenvalue weighted by Gasteiger charge is 2.02. The fourth-order valence-electron chi connectivity index (χ4n) is 1.79. The van der Waals surface area contributed by atoms with Crippen LogP contribution >= 0.6 is 0 Å². The first-order valence-electron chi connectivity index (χ1n) is 5.75. The average molecular weight is 236 g/mol. The van der Waals surface area contributed by atoms with Gasteiger partial charge in [-0.2, -0.15) is 5.10 Å². The first-order chi connectivity index (χ1) is 8.92. The second kappa shape index (κ2) is 4.79. The highest BCUT2D eigenvalue weighted by molar-refractivity contribution is 5.57. The molecule has 0 aliphatic carbocycles. The van der Waals surface area contributed by atoms with E-state index in [1.165, 1.54) is 0 Å². The molecule has 4 heteroatoms. The zero-order valence-corrected chi connectivity index (χ0v) is 9.77. The molecule has 0 spiro atoms. The summed E-state index contributed by atoms with van der Waals surface area (Å²) in [4.78, 5) is 8.08. The first-order valence-corrected chi connectivity index (χ1v) is 5.75. The van der Waals surface area contributed by atoms with Crippen molar-refractivity contribution in [3.05, 3.63) is 66.9 Å². The Kier molecular flexibility index (Phi) is 2.84. The molecule has 0 atom stereocenters. The van der Waals surface area contributed by atoms with E-state index in [1.807, 2.05) is 41.2 Å². The van der Waals surface area contributed by atoms with E-state index in [4.69, 9.17) is 0 Å². The summed E-state index contributed by atoms with van der Waals surface area (Å²) in [5.41, 5.74) is 3.05. The van der Waals surface area contributed by atoms with Crippen LogP contribution in [0.25, 0.3) is 11.3 Å². The summed E-state index contributed by atoms with van der Waals surface area (Å²) in [5, 5.41) is 4.53. The standard InChI is InChI=1S/C14H12N4/c1-2-4-12(5-3-1)14-7-9-18(17-14)10-13-6-8-15-11-16-13/h1-9,11H,10H2. The molecular weight excluding hydrogens is 224 g/mol. The van der Waals surface area contributed by atoms with Crippen molar-refractivity contribution in [3.8, 4) is 11.3 Å². The molecule has 3 aromatic rings. The van der Waals surface area contributed by atoms with Crippen molar-refractivity contribution in [2.45, 2.75) is 6.54 Å². The van der Waals surface area contributed by atoms with Gasteiger partial charge in [-0.25, -0.2) is 9.97 Å². The zero-order valence-electron chi connectivity index (χ0n) is 9.77. The van der Waals surface area contributed by atoms with Crippen molar-refractivity contribution in [2.24, 2.45) is 0 Å². The molecule has 88 valence electrons. The molecule has 0 saturated carbocycles. The van der Waals surface area contributed by atoms with E-state index in [1.54, 1.807) is 12.5 Å². The van der Waals surface area contributed by atoms with Crippen molar-refractivity contribution in [1.29, 1.82) is 0 Å². The van der Waals surface area contributed by atoms with Gasteiger partial charge in [-0.15, -0.1) is 0 Å². The van der Waals surface area contributed by atoms with Crippen LogP contribution in [0.5, 0.6) is 0 Å². The van der Waals surface area contributed by atoms with Crippen LogP contribution in [-0.2, 0) is 6.54 Å². The predicted molar refractivity (Wildman–Crippen MR) is 68.8 cm³/mol. The average Bonchev–Trinajstić information content (AvgIpc) is 2.89. The molecule has 0 aliphatic heterocycles. The smallest absolute Gasteiger partial charge is 0.115 e. The molecule has 0 fully saturated rings. The highest BCUT2D eigenvalue weighted by atomic mass is 15.3. The molecule has 18 heavy (non-hydrogen) atoms. The summed E-state index contributed by atoms with van der Waals surface area (Å²) in [6.45, 7) is 0.662. The molecule has 0 N–H and O–H groups in total. The number of nitrogens with zero attached hydrogens (tertiary/aromatic N) is 4. The molecule has 2 aromatic heterocycles. The third-order valence-electron chi connectivity index (χ3n) is 2.68. The molecule has 0 amide bonds. The minimum atomic E-state index is 0.662. The van der Waals surface area contributed by atoms with Gasteiger partial charge in [-0.1, -0.05) is 30.3 Å². The van der Waals surface area contributed by atoms with Gasteiger partial charge < -0.3 is 0 Å². The van der Waals surface area contributed by atoms with Gasteiger partial charge in [0.1, 0.15) is 6.33 Å². The topological polar surface area (TPSA) is 43.6 Å². The van der Waals surface area contributed by atoms with Crippen molar-refractivity contribution < 1.29 is 0 Å². The van der Waals surface area contributed by atoms with Crippen LogP contribution in [0.4, 0.5) is 0 Å². The summed E-state index contributed by atoms with van der Waals surface area (Å²) >= 11 is 0. The SMILES string of the molecule is c1ccc(-c2ccn(Cc3ccncn3)n2)cc1. The van der Waals surface area contributed by atoms with Gasteiger partial charge >= 0.3 is 0 Å². The summed E-state index contributed by atoms with van der Waals surface area (Å²) in [7, 11) is 0. The summed E-state index contributed by atoms with van der Waals surface area (Å²) in [6, 6.07) is 14.0. The molecule has 1 aromatic carbocycles. The molecule has 4 nitrogen and oxygen atoms in total. The molecule has 0 saturated heterocycles. The number of hydrogen-bond acceptors (Lipinski definition) is 3. The lowest BCUT2D eigenvalue weighted by atomic mass is 10.2. The van der Waals surface area contributed by atoms with Gasteiger partial charge in [0.25, 0.3) is 0 Å². The van der Waals surface area contributed by atoms with Crippen LogP contribution < -0.4 is 0 Å². The van der Waals surface area contributed by atoms with E-state index in [0.29, 0.717) is 6.54 Å². The number of aromatic nitrogens is 4. The lowest BCUT2D eigenvalue weighted by Crippen LogP contribution is -2.02. The second-order valence-electron chi connectivity index (χ2n) is 3.97. The third-order valence-corrected chi connectivity index (χ3v) is 2.68. The van der Waals surface area contributed by atoms with Crippen molar-refractivity contribution in [3.63, 3.8) is 0 Å². The predicted octanol–water partition coefficient (Wildman–Crippen LogP) is 2.39. The summed E-state index contributed by atoms with van der Waals surface area (Å²) in [5.74, 6) is 0. The first kappa shape index (κ1) is 10.7. The van der Waals surface area contributed by atoms with Gasteiger partial charge in [0, 0.05) is 18.0 Å². The Morgan fingerprint density at radius 3 is 2.67 bits per heavy atom. The molecule has 0 bridgehead atoms. The second-order valence-corrected chi connectivity index (χ2v) is 3.97. The van der Waals surface area contributed by atoms with Crippen LogP contribution in [0.2, 0.25) is 0 Å². The van der Waals surface area contributed by atoms with E-state index in [-0.39, 0.29) is 0 Å². The fourth-order valence-corrected chi connectivity index (χ4v) is 1.79. The van der Waals surface area contributed by atoms with E-state index in [0.717, 1.165) is 17.0 Å². The molecule has 0 radical (unpaired) electrons. The third kappa shape index (κ3) is 2.27. The number of hydrogen-bond donors (Lipinski definition) is 0. The Morgan fingerprint density at radius 2 is 1.89 bits per heavy atom. The van der Waals surface area contributed by atoms with E-state index >= 15 is 0 Å². The van der Waals surface area contributed by atoms with Gasteiger partial charge in [0.15, 0.2) is 0 Å². The molecule has 3 rings (SSSR count). The van der Waals surface area contributed by atoms with Gasteiger partial charge in [0.2, 0.25) is 0 Å². The van der Waals surface area contributed by atoms with Crippen LogP contribution in [0.1, 0.15) is 5.69 Å². The van der Waals surface area contributed by atoms with Gasteiger partial charge in [-0.3, -0.25) is 4.68 Å². The Labute approximate surface area is 105 Å². The minimum Gasteiger partial charge on any atom is -0.266 e. The summed E-state index contributed by atoms with van der Waals surface area (Å²) in [6.07, 6.45) is 5.26. The normalized spacial score (nSPS) is 10.4. The lowest BCUT2D eigenvalue weighted by Gasteiger charge is -2.00. The van der Waals surface area contributed by atoms with Gasteiger partial charge in [0.05, 0.1) is 17.9 Å². The van der Waals surface area contributed by atoms with Crippen LogP contribution in [0.3, 0.4) is 0 Å². The maximum absolute atomic E-state index is 4.53. The van der Waals surface area contributed by atoms with Crippen LogP contribution in [0.15, 0.2) is 61.2 Å². The van der Waals surface area contributed by atoms with Crippen molar-refractivity contribution in [2.75, 3.05) is 0 Å². The Balaban J connectivity index is 1.82. The Bertz CT molecular complexity index is 617. The van der Waals surface area contributed by atoms with Crippen LogP contribution in [0, 0.1) is 0 Å². The Hall–Kier alpha value is -2.49. The zero-order chi connectivity index (χ0) is 12.2. The van der Waals surface area contributed by atoms with Crippen LogP contribution in [-0.4, -0.2) is 19.7 Å². The quantitative estimate of drug-likeness (QED) is 0.701. The molecular formula is C14H12N4. The number of benzene rings is 1. The van der Waals surface area contributed by atoms with E-state index in [2.05, 4.69) is 27.2 Å². The maximum atomic E-state index is 4.53. The molecule has 0 unspecified atom stereocenters. The fraction of sp³-hybridized carbons (Fsp3) is 0.0714. The van der Waals surface area contributed by atoms with Crippen molar-refractivity contribution in [1.82, 2.24) is 19.7 Å². The van der Waals surface area contributed by atoms with E-state index < -0.39 is 0 Å². The minimum absolute atomic E-state index is 0.662. The summed E-state index contributed by atoms with van der Waals surface area (Å²) < 4.78 is 1.88.